The molecule has 0 bridgehead atoms. The number of hydrogen-bond acceptors (Lipinski definition) is 3. The molecule has 0 radical (unpaired) electrons. The normalized spacial score (nSPS) is 10.9. The van der Waals surface area contributed by atoms with E-state index in [2.05, 4.69) is 6.58 Å². The quantitative estimate of drug-likeness (QED) is 0.297. The van der Waals surface area contributed by atoms with E-state index in [1.165, 1.54) is 6.08 Å². The first-order valence-electron chi connectivity index (χ1n) is 4.41. The van der Waals surface area contributed by atoms with Crippen LogP contribution in [0.1, 0.15) is 20.8 Å². The zero-order valence-corrected chi connectivity index (χ0v) is 8.83. The van der Waals surface area contributed by atoms with Gasteiger partial charge in [0.05, 0.1) is 18.2 Å². The summed E-state index contributed by atoms with van der Waals surface area (Å²) in [6.45, 7) is 9.40. The molecule has 0 unspecified atom stereocenters. The van der Waals surface area contributed by atoms with Gasteiger partial charge in [0.1, 0.15) is 0 Å². The second kappa shape index (κ2) is 5.98. The lowest BCUT2D eigenvalue weighted by Crippen LogP contribution is -2.10. The van der Waals surface area contributed by atoms with Crippen LogP contribution in [-0.2, 0) is 9.53 Å². The van der Waals surface area contributed by atoms with E-state index in [0.717, 1.165) is 0 Å². The number of rotatable bonds is 4. The van der Waals surface area contributed by atoms with E-state index in [0.29, 0.717) is 18.1 Å². The smallest absolute Gasteiger partial charge is 0.337 e. The SMILES string of the molecule is C=C(C=C(C)C#N)C(=O)OCC(C)C. The van der Waals surface area contributed by atoms with Crippen LogP contribution in [0.25, 0.3) is 0 Å². The van der Waals surface area contributed by atoms with Crippen molar-refractivity contribution in [1.29, 1.82) is 5.26 Å². The van der Waals surface area contributed by atoms with Gasteiger partial charge in [-0.1, -0.05) is 20.4 Å². The van der Waals surface area contributed by atoms with Gasteiger partial charge in [-0.3, -0.25) is 0 Å². The first-order chi connectivity index (χ1) is 6.47. The summed E-state index contributed by atoms with van der Waals surface area (Å²) >= 11 is 0. The first kappa shape index (κ1) is 12.4. The Labute approximate surface area is 84.7 Å². The molecular formula is C11H15NO2. The van der Waals surface area contributed by atoms with Crippen molar-refractivity contribution < 1.29 is 9.53 Å². The zero-order chi connectivity index (χ0) is 11.1. The standard InChI is InChI=1S/C11H15NO2/c1-8(2)7-14-11(13)10(4)5-9(3)6-12/h5,8H,4,7H2,1-3H3. The molecule has 0 aromatic carbocycles. The zero-order valence-electron chi connectivity index (χ0n) is 8.83. The van der Waals surface area contributed by atoms with Crippen LogP contribution < -0.4 is 0 Å². The van der Waals surface area contributed by atoms with Crippen molar-refractivity contribution in [3.8, 4) is 6.07 Å². The number of nitrogens with zero attached hydrogens (tertiary/aromatic N) is 1. The van der Waals surface area contributed by atoms with Crippen molar-refractivity contribution in [3.63, 3.8) is 0 Å². The molecule has 0 aliphatic heterocycles. The summed E-state index contributed by atoms with van der Waals surface area (Å²) in [6, 6.07) is 1.91. The maximum absolute atomic E-state index is 11.2. The average molecular weight is 193 g/mol. The van der Waals surface area contributed by atoms with Gasteiger partial charge in [-0.15, -0.1) is 0 Å². The summed E-state index contributed by atoms with van der Waals surface area (Å²) in [5, 5.41) is 8.47. The molecule has 0 aliphatic rings. The Hall–Kier alpha value is -1.56. The summed E-state index contributed by atoms with van der Waals surface area (Å²) in [5.41, 5.74) is 0.654. The molecule has 0 rings (SSSR count). The fraction of sp³-hybridized carbons (Fsp3) is 0.455. The largest absolute Gasteiger partial charge is 0.462 e. The summed E-state index contributed by atoms with van der Waals surface area (Å²) < 4.78 is 4.92. The summed E-state index contributed by atoms with van der Waals surface area (Å²) in [7, 11) is 0. The number of esters is 1. The third kappa shape index (κ3) is 5.15. The Morgan fingerprint density at radius 3 is 2.64 bits per heavy atom. The van der Waals surface area contributed by atoms with E-state index < -0.39 is 5.97 Å². The third-order valence-electron chi connectivity index (χ3n) is 1.38. The third-order valence-corrected chi connectivity index (χ3v) is 1.38. The second-order valence-electron chi connectivity index (χ2n) is 3.46. The van der Waals surface area contributed by atoms with Crippen molar-refractivity contribution in [1.82, 2.24) is 0 Å². The number of ether oxygens (including phenoxy) is 1. The van der Waals surface area contributed by atoms with E-state index in [1.807, 2.05) is 19.9 Å². The molecule has 76 valence electrons. The van der Waals surface area contributed by atoms with Crippen molar-refractivity contribution in [2.24, 2.45) is 5.92 Å². The molecule has 0 aliphatic carbocycles. The first-order valence-corrected chi connectivity index (χ1v) is 4.41. The number of carbonyl (C=O) groups is 1. The molecule has 0 amide bonds. The van der Waals surface area contributed by atoms with E-state index in [9.17, 15) is 4.79 Å². The Balaban J connectivity index is 4.16. The van der Waals surface area contributed by atoms with Gasteiger partial charge < -0.3 is 4.74 Å². The van der Waals surface area contributed by atoms with Gasteiger partial charge in [-0.25, -0.2) is 4.79 Å². The van der Waals surface area contributed by atoms with Crippen molar-refractivity contribution in [2.45, 2.75) is 20.8 Å². The average Bonchev–Trinajstić information content (AvgIpc) is 2.13. The molecule has 14 heavy (non-hydrogen) atoms. The molecule has 0 heterocycles. The fourth-order valence-electron chi connectivity index (χ4n) is 0.688. The van der Waals surface area contributed by atoms with E-state index in [-0.39, 0.29) is 5.57 Å². The summed E-state index contributed by atoms with van der Waals surface area (Å²) in [4.78, 5) is 11.2. The predicted molar refractivity (Wildman–Crippen MR) is 54.3 cm³/mol. The van der Waals surface area contributed by atoms with Crippen LogP contribution in [-0.4, -0.2) is 12.6 Å². The number of hydrogen-bond donors (Lipinski definition) is 0. The maximum Gasteiger partial charge on any atom is 0.337 e. The lowest BCUT2D eigenvalue weighted by molar-refractivity contribution is -0.139. The van der Waals surface area contributed by atoms with Crippen LogP contribution in [0.3, 0.4) is 0 Å². The van der Waals surface area contributed by atoms with Gasteiger partial charge in [0.15, 0.2) is 0 Å². The van der Waals surface area contributed by atoms with Gasteiger partial charge in [-0.2, -0.15) is 5.26 Å². The maximum atomic E-state index is 11.2. The Morgan fingerprint density at radius 1 is 1.64 bits per heavy atom. The monoisotopic (exact) mass is 193 g/mol. The Bertz CT molecular complexity index is 295. The molecule has 0 spiro atoms. The number of nitriles is 1. The second-order valence-corrected chi connectivity index (χ2v) is 3.46. The van der Waals surface area contributed by atoms with E-state index in [4.69, 9.17) is 10.00 Å². The lowest BCUT2D eigenvalue weighted by Gasteiger charge is -2.06. The highest BCUT2D eigenvalue weighted by Gasteiger charge is 2.06. The van der Waals surface area contributed by atoms with Crippen LogP contribution in [0.5, 0.6) is 0 Å². The van der Waals surface area contributed by atoms with Gasteiger partial charge in [-0.05, 0) is 18.9 Å². The molecule has 0 aromatic heterocycles. The van der Waals surface area contributed by atoms with Gasteiger partial charge in [0.2, 0.25) is 0 Å². The molecule has 0 fully saturated rings. The van der Waals surface area contributed by atoms with Crippen LogP contribution in [0.2, 0.25) is 0 Å². The van der Waals surface area contributed by atoms with Crippen LogP contribution >= 0.6 is 0 Å². The molecule has 0 saturated heterocycles. The minimum absolute atomic E-state index is 0.213. The van der Waals surface area contributed by atoms with Crippen molar-refractivity contribution in [2.75, 3.05) is 6.61 Å². The highest BCUT2D eigenvalue weighted by molar-refractivity contribution is 5.91. The highest BCUT2D eigenvalue weighted by atomic mass is 16.5. The molecule has 3 nitrogen and oxygen atoms in total. The summed E-state index contributed by atoms with van der Waals surface area (Å²) in [6.07, 6.45) is 1.42. The molecular weight excluding hydrogens is 178 g/mol. The van der Waals surface area contributed by atoms with Crippen LogP contribution in [0.4, 0.5) is 0 Å². The van der Waals surface area contributed by atoms with Crippen LogP contribution in [0, 0.1) is 17.2 Å². The topological polar surface area (TPSA) is 50.1 Å². The number of allylic oxidation sites excluding steroid dienone is 1. The minimum atomic E-state index is -0.465. The van der Waals surface area contributed by atoms with Gasteiger partial charge >= 0.3 is 5.97 Å². The van der Waals surface area contributed by atoms with Crippen LogP contribution in [0.15, 0.2) is 23.8 Å². The summed E-state index contributed by atoms with van der Waals surface area (Å²) in [5.74, 6) is -0.166. The van der Waals surface area contributed by atoms with Gasteiger partial charge in [0.25, 0.3) is 0 Å². The van der Waals surface area contributed by atoms with Crippen molar-refractivity contribution >= 4 is 5.97 Å². The Morgan fingerprint density at radius 2 is 2.21 bits per heavy atom. The molecule has 0 atom stereocenters. The predicted octanol–water partition coefficient (Wildman–Crippen LogP) is 2.21. The number of carbonyl (C=O) groups excluding carboxylic acids is 1. The lowest BCUT2D eigenvalue weighted by atomic mass is 10.2. The van der Waals surface area contributed by atoms with Gasteiger partial charge in [0, 0.05) is 5.57 Å². The van der Waals surface area contributed by atoms with E-state index >= 15 is 0 Å². The van der Waals surface area contributed by atoms with Crippen molar-refractivity contribution in [3.05, 3.63) is 23.8 Å². The molecule has 0 aromatic rings. The molecule has 3 heteroatoms. The Kier molecular flexibility index (Phi) is 5.31. The van der Waals surface area contributed by atoms with E-state index in [1.54, 1.807) is 6.92 Å². The molecule has 0 N–H and O–H groups in total. The minimum Gasteiger partial charge on any atom is -0.462 e. The molecule has 0 saturated carbocycles. The highest BCUT2D eigenvalue weighted by Crippen LogP contribution is 2.03. The fourth-order valence-corrected chi connectivity index (χ4v) is 0.688.